The Kier molecular flexibility index (Phi) is 4.72. The van der Waals surface area contributed by atoms with Crippen LogP contribution in [0.5, 0.6) is 0 Å². The molecule has 1 aromatic carbocycles. The Balaban J connectivity index is 1.28. The van der Waals surface area contributed by atoms with Crippen LogP contribution >= 0.6 is 0 Å². The number of carbonyl (C=O) groups is 1. The molecule has 4 saturated carbocycles. The maximum atomic E-state index is 14.0. The minimum atomic E-state index is -0.479. The van der Waals surface area contributed by atoms with Gasteiger partial charge in [-0.15, -0.1) is 0 Å². The SMILES string of the molecule is O=C(CCc1ccccc1F)c1cnc2c(c1NC1C3CC4CC1CC(O)(C4)C3)C=CC2. The third-order valence-electron chi connectivity index (χ3n) is 8.23. The molecule has 0 aliphatic heterocycles. The fraction of sp³-hybridized carbons (Fsp3) is 0.481. The molecule has 5 aliphatic carbocycles. The molecule has 2 atom stereocenters. The highest BCUT2D eigenvalue weighted by molar-refractivity contribution is 6.03. The molecule has 5 aliphatic rings. The molecule has 2 aromatic rings. The number of nitrogens with one attached hydrogen (secondary N) is 1. The monoisotopic (exact) mass is 432 g/mol. The first-order valence-corrected chi connectivity index (χ1v) is 11.9. The molecule has 0 saturated heterocycles. The number of ketones is 1. The molecule has 4 bridgehead atoms. The van der Waals surface area contributed by atoms with Crippen molar-refractivity contribution in [2.45, 2.75) is 63.0 Å². The molecule has 0 spiro atoms. The van der Waals surface area contributed by atoms with Crippen LogP contribution in [0.2, 0.25) is 0 Å². The van der Waals surface area contributed by atoms with E-state index in [2.05, 4.69) is 22.5 Å². The van der Waals surface area contributed by atoms with E-state index in [1.54, 1.807) is 24.4 Å². The van der Waals surface area contributed by atoms with Crippen molar-refractivity contribution in [1.82, 2.24) is 4.98 Å². The summed E-state index contributed by atoms with van der Waals surface area (Å²) in [6.45, 7) is 0. The molecule has 7 rings (SSSR count). The Morgan fingerprint density at radius 1 is 1.19 bits per heavy atom. The van der Waals surface area contributed by atoms with Crippen LogP contribution < -0.4 is 5.32 Å². The molecule has 2 N–H and O–H groups in total. The number of Topliss-reactive ketones (excluding diaryl/α,β-unsaturated/α-hetero) is 1. The average Bonchev–Trinajstić information content (AvgIpc) is 3.23. The van der Waals surface area contributed by atoms with Crippen LogP contribution in [0.25, 0.3) is 6.08 Å². The Morgan fingerprint density at radius 2 is 1.97 bits per heavy atom. The van der Waals surface area contributed by atoms with E-state index < -0.39 is 5.60 Å². The Hall–Kier alpha value is -2.53. The molecule has 2 unspecified atom stereocenters. The number of rotatable bonds is 6. The van der Waals surface area contributed by atoms with Crippen molar-refractivity contribution in [3.63, 3.8) is 0 Å². The van der Waals surface area contributed by atoms with Gasteiger partial charge in [-0.05, 0) is 67.9 Å². The number of carbonyl (C=O) groups excluding carboxylic acids is 1. The number of hydrogen-bond donors (Lipinski definition) is 2. The summed E-state index contributed by atoms with van der Waals surface area (Å²) in [6.07, 6.45) is 12.3. The van der Waals surface area contributed by atoms with E-state index >= 15 is 0 Å². The quantitative estimate of drug-likeness (QED) is 0.634. The van der Waals surface area contributed by atoms with E-state index in [0.29, 0.717) is 35.3 Å². The zero-order valence-corrected chi connectivity index (χ0v) is 18.2. The minimum absolute atomic E-state index is 0.00574. The minimum Gasteiger partial charge on any atom is -0.390 e. The topological polar surface area (TPSA) is 62.2 Å². The predicted molar refractivity (Wildman–Crippen MR) is 122 cm³/mol. The fourth-order valence-corrected chi connectivity index (χ4v) is 7.03. The van der Waals surface area contributed by atoms with E-state index in [1.807, 2.05) is 0 Å². The Morgan fingerprint density at radius 3 is 2.72 bits per heavy atom. The molecule has 5 heteroatoms. The highest BCUT2D eigenvalue weighted by atomic mass is 19.1. The number of hydrogen-bond acceptors (Lipinski definition) is 4. The molecule has 32 heavy (non-hydrogen) atoms. The maximum Gasteiger partial charge on any atom is 0.166 e. The number of aromatic nitrogens is 1. The first kappa shape index (κ1) is 20.1. The van der Waals surface area contributed by atoms with Gasteiger partial charge in [0.15, 0.2) is 5.78 Å². The summed E-state index contributed by atoms with van der Waals surface area (Å²) in [7, 11) is 0. The van der Waals surface area contributed by atoms with Gasteiger partial charge >= 0.3 is 0 Å². The Labute approximate surface area is 188 Å². The molecule has 1 heterocycles. The standard InChI is InChI=1S/C27H29FN2O2/c28-22-6-2-1-4-17(22)8-9-24(31)21-15-29-23-7-3-5-20(23)26(21)30-25-18-10-16-11-19(25)14-27(32,12-16)13-18/h1-6,15-16,18-19,25,32H,7-14H2,(H,29,30). The van der Waals surface area contributed by atoms with Crippen molar-refractivity contribution >= 4 is 17.5 Å². The second-order valence-corrected chi connectivity index (χ2v) is 10.4. The van der Waals surface area contributed by atoms with Gasteiger partial charge in [-0.3, -0.25) is 9.78 Å². The van der Waals surface area contributed by atoms with Crippen LogP contribution in [-0.2, 0) is 12.8 Å². The fourth-order valence-electron chi connectivity index (χ4n) is 7.03. The van der Waals surface area contributed by atoms with Crippen LogP contribution in [0, 0.1) is 23.6 Å². The molecular formula is C27H29FN2O2. The van der Waals surface area contributed by atoms with Gasteiger partial charge in [-0.1, -0.05) is 30.4 Å². The van der Waals surface area contributed by atoms with Crippen molar-refractivity contribution in [1.29, 1.82) is 0 Å². The van der Waals surface area contributed by atoms with E-state index in [9.17, 15) is 14.3 Å². The summed E-state index contributed by atoms with van der Waals surface area (Å²) in [5.41, 5.74) is 3.62. The number of pyridine rings is 1. The normalized spacial score (nSPS) is 31.7. The zero-order chi connectivity index (χ0) is 21.9. The smallest absolute Gasteiger partial charge is 0.166 e. The molecule has 166 valence electrons. The third kappa shape index (κ3) is 3.38. The lowest BCUT2D eigenvalue weighted by atomic mass is 9.52. The molecule has 0 radical (unpaired) electrons. The summed E-state index contributed by atoms with van der Waals surface area (Å²) in [5.74, 6) is 1.26. The second-order valence-electron chi connectivity index (χ2n) is 10.4. The molecule has 4 fully saturated rings. The lowest BCUT2D eigenvalue weighted by Gasteiger charge is -2.58. The van der Waals surface area contributed by atoms with E-state index in [4.69, 9.17) is 0 Å². The van der Waals surface area contributed by atoms with Crippen molar-refractivity contribution in [3.05, 3.63) is 64.7 Å². The van der Waals surface area contributed by atoms with Crippen molar-refractivity contribution in [2.24, 2.45) is 17.8 Å². The van der Waals surface area contributed by atoms with Gasteiger partial charge in [0.05, 0.1) is 22.5 Å². The third-order valence-corrected chi connectivity index (χ3v) is 8.23. The van der Waals surface area contributed by atoms with Gasteiger partial charge < -0.3 is 10.4 Å². The van der Waals surface area contributed by atoms with Crippen LogP contribution in [0.15, 0.2) is 36.5 Å². The number of aliphatic hydroxyl groups is 1. The number of allylic oxidation sites excluding steroid dienone is 1. The van der Waals surface area contributed by atoms with Crippen LogP contribution in [0.4, 0.5) is 10.1 Å². The predicted octanol–water partition coefficient (Wildman–Crippen LogP) is 4.96. The van der Waals surface area contributed by atoms with Gasteiger partial charge in [0, 0.05) is 30.6 Å². The first-order valence-electron chi connectivity index (χ1n) is 11.9. The number of aryl methyl sites for hydroxylation is 1. The van der Waals surface area contributed by atoms with E-state index in [1.165, 1.54) is 6.07 Å². The number of benzene rings is 1. The number of anilines is 1. The van der Waals surface area contributed by atoms with Gasteiger partial charge in [0.25, 0.3) is 0 Å². The summed E-state index contributed by atoms with van der Waals surface area (Å²) in [4.78, 5) is 17.9. The largest absolute Gasteiger partial charge is 0.390 e. The Bertz CT molecular complexity index is 1090. The summed E-state index contributed by atoms with van der Waals surface area (Å²) < 4.78 is 14.0. The summed E-state index contributed by atoms with van der Waals surface area (Å²) >= 11 is 0. The second kappa shape index (κ2) is 7.51. The van der Waals surface area contributed by atoms with Crippen LogP contribution in [0.1, 0.15) is 65.7 Å². The molecule has 1 aromatic heterocycles. The highest BCUT2D eigenvalue weighted by Gasteiger charge is 2.54. The van der Waals surface area contributed by atoms with Crippen molar-refractivity contribution < 1.29 is 14.3 Å². The van der Waals surface area contributed by atoms with E-state index in [-0.39, 0.29) is 24.1 Å². The zero-order valence-electron chi connectivity index (χ0n) is 18.2. The molecule has 0 amide bonds. The molecular weight excluding hydrogens is 403 g/mol. The summed E-state index contributed by atoms with van der Waals surface area (Å²) in [5, 5.41) is 14.8. The first-order chi connectivity index (χ1) is 15.5. The number of halogens is 1. The van der Waals surface area contributed by atoms with Gasteiger partial charge in [0.1, 0.15) is 5.82 Å². The number of nitrogens with zero attached hydrogens (tertiary/aromatic N) is 1. The van der Waals surface area contributed by atoms with Crippen LogP contribution in [0.3, 0.4) is 0 Å². The highest BCUT2D eigenvalue weighted by Crippen LogP contribution is 2.56. The number of fused-ring (bicyclic) bond motifs is 1. The lowest BCUT2D eigenvalue weighted by molar-refractivity contribution is -0.129. The summed E-state index contributed by atoms with van der Waals surface area (Å²) in [6, 6.07) is 6.93. The van der Waals surface area contributed by atoms with Gasteiger partial charge in [-0.25, -0.2) is 4.39 Å². The van der Waals surface area contributed by atoms with Crippen LogP contribution in [-0.4, -0.2) is 27.5 Å². The lowest BCUT2D eigenvalue weighted by Crippen LogP contribution is -2.59. The van der Waals surface area contributed by atoms with Gasteiger partial charge in [0.2, 0.25) is 0 Å². The molecule has 4 nitrogen and oxygen atoms in total. The maximum absolute atomic E-state index is 14.0. The van der Waals surface area contributed by atoms with Crippen molar-refractivity contribution in [3.8, 4) is 0 Å². The van der Waals surface area contributed by atoms with Gasteiger partial charge in [-0.2, -0.15) is 0 Å². The van der Waals surface area contributed by atoms with Crippen molar-refractivity contribution in [2.75, 3.05) is 5.32 Å². The average molecular weight is 433 g/mol. The van der Waals surface area contributed by atoms with E-state index in [0.717, 1.165) is 55.5 Å².